The maximum atomic E-state index is 13.2. The van der Waals surface area contributed by atoms with Gasteiger partial charge in [0.05, 0.1) is 7.11 Å². The second kappa shape index (κ2) is 10.7. The number of sulfonamides is 1. The average Bonchev–Trinajstić information content (AvgIpc) is 2.85. The van der Waals surface area contributed by atoms with Crippen LogP contribution >= 0.6 is 0 Å². The molecule has 0 aliphatic heterocycles. The Bertz CT molecular complexity index is 1530. The first-order chi connectivity index (χ1) is 17.9. The van der Waals surface area contributed by atoms with Crippen LogP contribution in [-0.4, -0.2) is 25.5 Å². The van der Waals surface area contributed by atoms with Gasteiger partial charge in [-0.3, -0.25) is 4.72 Å². The summed E-state index contributed by atoms with van der Waals surface area (Å²) in [5, 5.41) is 6.48. The minimum absolute atomic E-state index is 0.0939. The van der Waals surface area contributed by atoms with E-state index < -0.39 is 10.0 Å². The summed E-state index contributed by atoms with van der Waals surface area (Å²) in [6.07, 6.45) is 0. The molecule has 0 amide bonds. The molecule has 1 heterocycles. The van der Waals surface area contributed by atoms with E-state index in [1.807, 2.05) is 71.0 Å². The molecule has 4 aromatic rings. The van der Waals surface area contributed by atoms with Crippen LogP contribution in [-0.2, 0) is 15.4 Å². The Kier molecular flexibility index (Phi) is 7.59. The molecule has 0 aliphatic rings. The molecule has 0 saturated heterocycles. The van der Waals surface area contributed by atoms with Crippen LogP contribution in [0.1, 0.15) is 37.6 Å². The van der Waals surface area contributed by atoms with Crippen molar-refractivity contribution in [3.8, 4) is 5.75 Å². The molecule has 0 fully saturated rings. The van der Waals surface area contributed by atoms with Crippen LogP contribution < -0.4 is 20.1 Å². The summed E-state index contributed by atoms with van der Waals surface area (Å²) in [4.78, 5) is 9.12. The van der Waals surface area contributed by atoms with Gasteiger partial charge in [-0.05, 0) is 73.4 Å². The lowest BCUT2D eigenvalue weighted by atomic mass is 9.87. The van der Waals surface area contributed by atoms with Gasteiger partial charge in [-0.25, -0.2) is 13.4 Å². The number of hydrogen-bond donors (Lipinski definition) is 3. The van der Waals surface area contributed by atoms with E-state index in [0.29, 0.717) is 23.1 Å². The molecule has 0 atom stereocenters. The maximum Gasteiger partial charge on any atom is 0.265 e. The number of aryl methyl sites for hydroxylation is 2. The minimum Gasteiger partial charge on any atom is -0.495 e. The van der Waals surface area contributed by atoms with Gasteiger partial charge in [-0.15, -0.1) is 0 Å². The van der Waals surface area contributed by atoms with Gasteiger partial charge in [0.1, 0.15) is 16.5 Å². The molecule has 3 aromatic carbocycles. The van der Waals surface area contributed by atoms with Gasteiger partial charge in [0.15, 0.2) is 0 Å². The van der Waals surface area contributed by atoms with Crippen LogP contribution in [0.2, 0.25) is 0 Å². The highest BCUT2D eigenvalue weighted by molar-refractivity contribution is 7.92. The summed E-state index contributed by atoms with van der Waals surface area (Å²) in [6.45, 7) is 10.0. The summed E-state index contributed by atoms with van der Waals surface area (Å²) < 4.78 is 34.5. The van der Waals surface area contributed by atoms with E-state index in [2.05, 4.69) is 25.3 Å². The molecule has 1 aromatic heterocycles. The predicted octanol–water partition coefficient (Wildman–Crippen LogP) is 6.69. The van der Waals surface area contributed by atoms with Crippen molar-refractivity contribution in [1.82, 2.24) is 9.97 Å². The third kappa shape index (κ3) is 6.60. The standard InChI is InChI=1S/C29H33N5O3S/c1-19-7-10-22(11-8-19)31-27-17-20(2)30-28(33-27)32-23-12-14-24(15-13-23)34-38(35,36)26-18-21(29(3,4)5)9-16-25(26)37-6/h7-18,34H,1-6H3,(H2,30,31,32,33). The number of nitrogens with zero attached hydrogens (tertiary/aromatic N) is 2. The summed E-state index contributed by atoms with van der Waals surface area (Å²) in [5.74, 6) is 1.38. The highest BCUT2D eigenvalue weighted by Gasteiger charge is 2.23. The lowest BCUT2D eigenvalue weighted by molar-refractivity contribution is 0.402. The van der Waals surface area contributed by atoms with E-state index >= 15 is 0 Å². The molecule has 0 bridgehead atoms. The summed E-state index contributed by atoms with van der Waals surface area (Å²) in [7, 11) is -2.42. The summed E-state index contributed by atoms with van der Waals surface area (Å²) in [5.41, 5.74) is 4.73. The minimum atomic E-state index is -3.88. The summed E-state index contributed by atoms with van der Waals surface area (Å²) >= 11 is 0. The zero-order valence-electron chi connectivity index (χ0n) is 22.5. The molecule has 38 heavy (non-hydrogen) atoms. The smallest absolute Gasteiger partial charge is 0.265 e. The fourth-order valence-electron chi connectivity index (χ4n) is 3.79. The number of benzene rings is 3. The number of aromatic nitrogens is 2. The van der Waals surface area contributed by atoms with Crippen LogP contribution in [0.3, 0.4) is 0 Å². The molecule has 9 heteroatoms. The number of nitrogens with one attached hydrogen (secondary N) is 3. The van der Waals surface area contributed by atoms with Crippen molar-refractivity contribution < 1.29 is 13.2 Å². The highest BCUT2D eigenvalue weighted by Crippen LogP contribution is 2.32. The van der Waals surface area contributed by atoms with Crippen molar-refractivity contribution in [3.05, 3.63) is 89.6 Å². The molecular weight excluding hydrogens is 498 g/mol. The van der Waals surface area contributed by atoms with Gasteiger partial charge in [-0.1, -0.05) is 44.5 Å². The lowest BCUT2D eigenvalue weighted by Crippen LogP contribution is -2.17. The van der Waals surface area contributed by atoms with Gasteiger partial charge >= 0.3 is 0 Å². The largest absolute Gasteiger partial charge is 0.495 e. The first-order valence-electron chi connectivity index (χ1n) is 12.2. The molecule has 4 rings (SSSR count). The van der Waals surface area contributed by atoms with Gasteiger partial charge in [0, 0.05) is 28.8 Å². The normalized spacial score (nSPS) is 11.6. The Morgan fingerprint density at radius 2 is 1.37 bits per heavy atom. The van der Waals surface area contributed by atoms with Crippen LogP contribution in [0.25, 0.3) is 0 Å². The zero-order chi connectivity index (χ0) is 27.5. The SMILES string of the molecule is COc1ccc(C(C)(C)C)cc1S(=O)(=O)Nc1ccc(Nc2nc(C)cc(Nc3ccc(C)cc3)n2)cc1. The van der Waals surface area contributed by atoms with Gasteiger partial charge in [0.25, 0.3) is 10.0 Å². The molecule has 0 aliphatic carbocycles. The molecule has 0 unspecified atom stereocenters. The van der Waals surface area contributed by atoms with Crippen molar-refractivity contribution in [3.63, 3.8) is 0 Å². The van der Waals surface area contributed by atoms with E-state index in [4.69, 9.17) is 4.74 Å². The maximum absolute atomic E-state index is 13.2. The molecule has 0 spiro atoms. The fourth-order valence-corrected chi connectivity index (χ4v) is 5.04. The van der Waals surface area contributed by atoms with Crippen LogP contribution in [0.15, 0.2) is 77.7 Å². The third-order valence-corrected chi connectivity index (χ3v) is 7.29. The quantitative estimate of drug-likeness (QED) is 0.233. The van der Waals surface area contributed by atoms with Gasteiger partial charge < -0.3 is 15.4 Å². The van der Waals surface area contributed by atoms with E-state index in [0.717, 1.165) is 16.9 Å². The molecule has 3 N–H and O–H groups in total. The van der Waals surface area contributed by atoms with Gasteiger partial charge in [0.2, 0.25) is 5.95 Å². The summed E-state index contributed by atoms with van der Waals surface area (Å²) in [6, 6.07) is 22.0. The Hall–Kier alpha value is -4.11. The highest BCUT2D eigenvalue weighted by atomic mass is 32.2. The van der Waals surface area contributed by atoms with Crippen molar-refractivity contribution in [2.45, 2.75) is 44.9 Å². The van der Waals surface area contributed by atoms with E-state index in [-0.39, 0.29) is 16.1 Å². The average molecular weight is 532 g/mol. The second-order valence-electron chi connectivity index (χ2n) is 10.1. The monoisotopic (exact) mass is 531 g/mol. The number of rotatable bonds is 8. The van der Waals surface area contributed by atoms with Crippen LogP contribution in [0, 0.1) is 13.8 Å². The Labute approximate surface area is 224 Å². The molecule has 198 valence electrons. The third-order valence-electron chi connectivity index (χ3n) is 5.89. The number of hydrogen-bond acceptors (Lipinski definition) is 7. The Morgan fingerprint density at radius 1 is 0.763 bits per heavy atom. The van der Waals surface area contributed by atoms with Crippen molar-refractivity contribution in [2.24, 2.45) is 0 Å². The predicted molar refractivity (Wildman–Crippen MR) is 153 cm³/mol. The number of anilines is 5. The fraction of sp³-hybridized carbons (Fsp3) is 0.241. The van der Waals surface area contributed by atoms with Crippen LogP contribution in [0.4, 0.5) is 28.8 Å². The number of ether oxygens (including phenoxy) is 1. The second-order valence-corrected chi connectivity index (χ2v) is 11.8. The van der Waals surface area contributed by atoms with Crippen LogP contribution in [0.5, 0.6) is 5.75 Å². The van der Waals surface area contributed by atoms with E-state index in [9.17, 15) is 8.42 Å². The van der Waals surface area contributed by atoms with Crippen molar-refractivity contribution in [1.29, 1.82) is 0 Å². The zero-order valence-corrected chi connectivity index (χ0v) is 23.3. The number of methoxy groups -OCH3 is 1. The van der Waals surface area contributed by atoms with E-state index in [1.165, 1.54) is 12.7 Å². The first-order valence-corrected chi connectivity index (χ1v) is 13.7. The molecule has 0 saturated carbocycles. The Morgan fingerprint density at radius 3 is 2.00 bits per heavy atom. The lowest BCUT2D eigenvalue weighted by Gasteiger charge is -2.21. The molecular formula is C29H33N5O3S. The van der Waals surface area contributed by atoms with Crippen molar-refractivity contribution >= 4 is 38.9 Å². The molecule has 8 nitrogen and oxygen atoms in total. The Balaban J connectivity index is 1.50. The van der Waals surface area contributed by atoms with E-state index in [1.54, 1.807) is 36.4 Å². The van der Waals surface area contributed by atoms with Crippen molar-refractivity contribution in [2.75, 3.05) is 22.5 Å². The first kappa shape index (κ1) is 26.9. The molecule has 0 radical (unpaired) electrons. The topological polar surface area (TPSA) is 105 Å². The van der Waals surface area contributed by atoms with Gasteiger partial charge in [-0.2, -0.15) is 4.98 Å².